The molecule has 0 unspecified atom stereocenters. The Morgan fingerprint density at radius 2 is 2.18 bits per heavy atom. The predicted octanol–water partition coefficient (Wildman–Crippen LogP) is 1.59. The summed E-state index contributed by atoms with van der Waals surface area (Å²) < 4.78 is 6.13. The minimum absolute atomic E-state index is 0.810. The van der Waals surface area contributed by atoms with Gasteiger partial charge in [-0.25, -0.2) is 0 Å². The maximum absolute atomic E-state index is 5.23. The summed E-state index contributed by atoms with van der Waals surface area (Å²) in [6.45, 7) is 0. The normalized spacial score (nSPS) is 9.36. The number of ether oxygens (including phenoxy) is 1. The number of hydrogen-bond acceptors (Lipinski definition) is 3. The van der Waals surface area contributed by atoms with Gasteiger partial charge in [0.2, 0.25) is 0 Å². The summed E-state index contributed by atoms with van der Waals surface area (Å²) in [6, 6.07) is 5.70. The van der Waals surface area contributed by atoms with Crippen molar-refractivity contribution in [2.24, 2.45) is 5.84 Å². The Morgan fingerprint density at radius 1 is 1.45 bits per heavy atom. The molecular formula is C7H9IN2O. The van der Waals surface area contributed by atoms with Crippen LogP contribution in [0.4, 0.5) is 5.69 Å². The number of nitrogens with one attached hydrogen (secondary N) is 1. The van der Waals surface area contributed by atoms with Crippen LogP contribution in [0.15, 0.2) is 18.2 Å². The molecule has 0 aliphatic heterocycles. The van der Waals surface area contributed by atoms with E-state index < -0.39 is 0 Å². The molecule has 0 aliphatic rings. The first-order valence-electron chi connectivity index (χ1n) is 3.07. The number of nitrogen functional groups attached to an aromatic ring is 1. The van der Waals surface area contributed by atoms with Crippen molar-refractivity contribution in [1.82, 2.24) is 0 Å². The van der Waals surface area contributed by atoms with Crippen LogP contribution in [0.2, 0.25) is 0 Å². The van der Waals surface area contributed by atoms with E-state index in [9.17, 15) is 0 Å². The number of benzene rings is 1. The molecule has 11 heavy (non-hydrogen) atoms. The molecule has 0 fully saturated rings. The minimum Gasteiger partial charge on any atom is -0.497 e. The van der Waals surface area contributed by atoms with E-state index >= 15 is 0 Å². The molecule has 3 nitrogen and oxygen atoms in total. The van der Waals surface area contributed by atoms with Gasteiger partial charge < -0.3 is 10.2 Å². The summed E-state index contributed by atoms with van der Waals surface area (Å²) in [5.74, 6) is 6.04. The third-order valence-electron chi connectivity index (χ3n) is 1.27. The molecule has 3 N–H and O–H groups in total. The molecule has 0 aromatic heterocycles. The molecule has 4 heteroatoms. The average molecular weight is 264 g/mol. The summed E-state index contributed by atoms with van der Waals surface area (Å²) in [7, 11) is 1.63. The second-order valence-corrected chi connectivity index (χ2v) is 3.27. The molecule has 60 valence electrons. The van der Waals surface area contributed by atoms with Crippen molar-refractivity contribution < 1.29 is 4.74 Å². The zero-order chi connectivity index (χ0) is 8.27. The number of halogens is 1. The SMILES string of the molecule is COc1cc(I)cc(NN)c1. The largest absolute Gasteiger partial charge is 0.497 e. The molecule has 0 aliphatic carbocycles. The van der Waals surface area contributed by atoms with E-state index in [1.54, 1.807) is 7.11 Å². The summed E-state index contributed by atoms with van der Waals surface area (Å²) in [5, 5.41) is 0. The van der Waals surface area contributed by atoms with E-state index in [-0.39, 0.29) is 0 Å². The molecule has 0 heterocycles. The molecule has 0 atom stereocenters. The van der Waals surface area contributed by atoms with Crippen LogP contribution < -0.4 is 16.0 Å². The summed E-state index contributed by atoms with van der Waals surface area (Å²) in [4.78, 5) is 0. The Hall–Kier alpha value is -0.490. The van der Waals surface area contributed by atoms with Gasteiger partial charge in [-0.3, -0.25) is 5.84 Å². The molecule has 1 aromatic carbocycles. The van der Waals surface area contributed by atoms with E-state index in [2.05, 4.69) is 28.0 Å². The van der Waals surface area contributed by atoms with Crippen LogP contribution in [0, 0.1) is 3.57 Å². The van der Waals surface area contributed by atoms with Gasteiger partial charge >= 0.3 is 0 Å². The summed E-state index contributed by atoms with van der Waals surface area (Å²) in [6.07, 6.45) is 0. The maximum atomic E-state index is 5.23. The Morgan fingerprint density at radius 3 is 2.73 bits per heavy atom. The van der Waals surface area contributed by atoms with Crippen molar-refractivity contribution in [2.45, 2.75) is 0 Å². The number of nitrogens with two attached hydrogens (primary N) is 1. The zero-order valence-electron chi connectivity index (χ0n) is 6.10. The van der Waals surface area contributed by atoms with Crippen LogP contribution in [-0.4, -0.2) is 7.11 Å². The smallest absolute Gasteiger partial charge is 0.122 e. The second kappa shape index (κ2) is 3.77. The van der Waals surface area contributed by atoms with Gasteiger partial charge in [-0.2, -0.15) is 0 Å². The first kappa shape index (κ1) is 8.61. The number of methoxy groups -OCH3 is 1. The van der Waals surface area contributed by atoms with Crippen LogP contribution in [0.3, 0.4) is 0 Å². The fourth-order valence-electron chi connectivity index (χ4n) is 0.764. The fraction of sp³-hybridized carbons (Fsp3) is 0.143. The Kier molecular flexibility index (Phi) is 2.95. The van der Waals surface area contributed by atoms with Gasteiger partial charge in [0.25, 0.3) is 0 Å². The van der Waals surface area contributed by atoms with Gasteiger partial charge in [0.1, 0.15) is 5.75 Å². The van der Waals surface area contributed by atoms with Gasteiger partial charge in [-0.15, -0.1) is 0 Å². The maximum Gasteiger partial charge on any atom is 0.122 e. The van der Waals surface area contributed by atoms with E-state index in [0.29, 0.717) is 0 Å². The number of hydrogen-bond donors (Lipinski definition) is 2. The van der Waals surface area contributed by atoms with Gasteiger partial charge in [-0.1, -0.05) is 0 Å². The number of hydrazine groups is 1. The number of anilines is 1. The third kappa shape index (κ3) is 2.23. The molecule has 0 amide bonds. The monoisotopic (exact) mass is 264 g/mol. The zero-order valence-corrected chi connectivity index (χ0v) is 8.25. The Bertz CT molecular complexity index is 230. The predicted molar refractivity (Wildman–Crippen MR) is 53.5 cm³/mol. The minimum atomic E-state index is 0.810. The van der Waals surface area contributed by atoms with Gasteiger partial charge in [0.05, 0.1) is 12.8 Å². The van der Waals surface area contributed by atoms with Crippen LogP contribution in [0.1, 0.15) is 0 Å². The van der Waals surface area contributed by atoms with Gasteiger partial charge in [0, 0.05) is 9.64 Å². The lowest BCUT2D eigenvalue weighted by Crippen LogP contribution is -2.06. The van der Waals surface area contributed by atoms with E-state index in [1.807, 2.05) is 18.2 Å². The van der Waals surface area contributed by atoms with Crippen LogP contribution in [-0.2, 0) is 0 Å². The molecule has 0 saturated carbocycles. The fourth-order valence-corrected chi connectivity index (χ4v) is 1.41. The van der Waals surface area contributed by atoms with E-state index in [1.165, 1.54) is 0 Å². The summed E-state index contributed by atoms with van der Waals surface area (Å²) >= 11 is 2.20. The molecule has 1 aromatic rings. The Balaban J connectivity index is 3.02. The van der Waals surface area contributed by atoms with Crippen molar-refractivity contribution in [3.05, 3.63) is 21.8 Å². The first-order chi connectivity index (χ1) is 5.26. The lowest BCUT2D eigenvalue weighted by atomic mass is 10.3. The van der Waals surface area contributed by atoms with Crippen LogP contribution in [0.25, 0.3) is 0 Å². The molecule has 0 bridgehead atoms. The summed E-state index contributed by atoms with van der Waals surface area (Å²) in [5.41, 5.74) is 3.41. The van der Waals surface area contributed by atoms with Gasteiger partial charge in [-0.05, 0) is 34.7 Å². The molecular weight excluding hydrogens is 255 g/mol. The lowest BCUT2D eigenvalue weighted by molar-refractivity contribution is 0.414. The standard InChI is InChI=1S/C7H9IN2O/c1-11-7-3-5(8)2-6(4-7)10-9/h2-4,10H,9H2,1H3. The van der Waals surface area contributed by atoms with Crippen molar-refractivity contribution >= 4 is 28.3 Å². The molecule has 0 saturated heterocycles. The molecule has 0 spiro atoms. The highest BCUT2D eigenvalue weighted by Gasteiger charge is 1.96. The average Bonchev–Trinajstić information content (AvgIpc) is 2.03. The van der Waals surface area contributed by atoms with Crippen LogP contribution >= 0.6 is 22.6 Å². The van der Waals surface area contributed by atoms with Crippen LogP contribution in [0.5, 0.6) is 5.75 Å². The third-order valence-corrected chi connectivity index (χ3v) is 1.90. The van der Waals surface area contributed by atoms with Crippen molar-refractivity contribution in [3.8, 4) is 5.75 Å². The quantitative estimate of drug-likeness (QED) is 0.484. The van der Waals surface area contributed by atoms with Crippen molar-refractivity contribution in [1.29, 1.82) is 0 Å². The van der Waals surface area contributed by atoms with E-state index in [4.69, 9.17) is 10.6 Å². The highest BCUT2D eigenvalue weighted by Crippen LogP contribution is 2.20. The first-order valence-corrected chi connectivity index (χ1v) is 4.15. The van der Waals surface area contributed by atoms with E-state index in [0.717, 1.165) is 15.0 Å². The highest BCUT2D eigenvalue weighted by molar-refractivity contribution is 14.1. The topological polar surface area (TPSA) is 47.3 Å². The molecule has 0 radical (unpaired) electrons. The molecule has 1 rings (SSSR count). The Labute approximate surface area is 79.0 Å². The highest BCUT2D eigenvalue weighted by atomic mass is 127. The lowest BCUT2D eigenvalue weighted by Gasteiger charge is -2.04. The van der Waals surface area contributed by atoms with Crippen molar-refractivity contribution in [2.75, 3.05) is 12.5 Å². The van der Waals surface area contributed by atoms with Gasteiger partial charge in [0.15, 0.2) is 0 Å². The van der Waals surface area contributed by atoms with Crippen molar-refractivity contribution in [3.63, 3.8) is 0 Å². The number of rotatable bonds is 2. The second-order valence-electron chi connectivity index (χ2n) is 2.02.